The molecule has 2 heterocycles. The number of halogens is 1. The van der Waals surface area contributed by atoms with Crippen LogP contribution >= 0.6 is 11.6 Å². The van der Waals surface area contributed by atoms with Gasteiger partial charge in [0.25, 0.3) is 0 Å². The third-order valence-electron chi connectivity index (χ3n) is 6.50. The third-order valence-corrected chi connectivity index (χ3v) is 6.75. The number of carbonyl (C=O) groups excluding carboxylic acids is 1. The first-order valence-corrected chi connectivity index (χ1v) is 12.2. The summed E-state index contributed by atoms with van der Waals surface area (Å²) in [5.74, 6) is 2.19. The van der Waals surface area contributed by atoms with Gasteiger partial charge in [0.05, 0.1) is 12.3 Å². The molecule has 2 fully saturated rings. The van der Waals surface area contributed by atoms with Crippen molar-refractivity contribution in [1.29, 1.82) is 0 Å². The molecule has 1 aliphatic heterocycles. The van der Waals surface area contributed by atoms with Crippen molar-refractivity contribution in [2.75, 3.05) is 38.2 Å². The van der Waals surface area contributed by atoms with E-state index in [4.69, 9.17) is 26.3 Å². The number of amides is 1. The lowest BCUT2D eigenvalue weighted by atomic mass is 10.0. The van der Waals surface area contributed by atoms with Crippen molar-refractivity contribution in [2.45, 2.75) is 25.9 Å². The molecule has 0 radical (unpaired) electrons. The van der Waals surface area contributed by atoms with Gasteiger partial charge in [0, 0.05) is 61.8 Å². The van der Waals surface area contributed by atoms with Gasteiger partial charge in [0.15, 0.2) is 5.82 Å². The Balaban J connectivity index is 1.51. The number of nitrogens with zero attached hydrogens (tertiary/aromatic N) is 4. The zero-order valence-electron chi connectivity index (χ0n) is 19.4. The van der Waals surface area contributed by atoms with Crippen LogP contribution in [0.5, 0.6) is 0 Å². The maximum absolute atomic E-state index is 12.6. The van der Waals surface area contributed by atoms with Gasteiger partial charge in [-0.2, -0.15) is 0 Å². The number of benzene rings is 2. The average molecular weight is 477 g/mol. The van der Waals surface area contributed by atoms with Crippen LogP contribution in [-0.4, -0.2) is 54.1 Å². The van der Waals surface area contributed by atoms with Crippen molar-refractivity contribution in [3.63, 3.8) is 0 Å². The number of carbonyl (C=O) groups is 1. The van der Waals surface area contributed by atoms with Crippen LogP contribution in [0, 0.1) is 5.92 Å². The number of hydrogen-bond acceptors (Lipinski definition) is 5. The molecule has 5 rings (SSSR count). The lowest BCUT2D eigenvalue weighted by Gasteiger charge is -2.37. The molecule has 3 aromatic rings. The lowest BCUT2D eigenvalue weighted by Crippen LogP contribution is -2.49. The Morgan fingerprint density at radius 2 is 1.71 bits per heavy atom. The average Bonchev–Trinajstić information content (AvgIpc) is 3.72. The van der Waals surface area contributed by atoms with Gasteiger partial charge in [-0.1, -0.05) is 54.1 Å². The summed E-state index contributed by atoms with van der Waals surface area (Å²) in [7, 11) is 1.69. The van der Waals surface area contributed by atoms with Crippen molar-refractivity contribution in [3.05, 3.63) is 76.4 Å². The first kappa shape index (κ1) is 22.8. The molecule has 1 amide bonds. The lowest BCUT2D eigenvalue weighted by molar-refractivity contribution is -0.132. The second-order valence-corrected chi connectivity index (χ2v) is 9.42. The quantitative estimate of drug-likeness (QED) is 0.499. The summed E-state index contributed by atoms with van der Waals surface area (Å²) in [6.45, 7) is 3.35. The highest BCUT2D eigenvalue weighted by Crippen LogP contribution is 2.33. The van der Waals surface area contributed by atoms with E-state index in [0.717, 1.165) is 67.2 Å². The molecule has 0 bridgehead atoms. The van der Waals surface area contributed by atoms with E-state index in [-0.39, 0.29) is 5.92 Å². The molecule has 0 atom stereocenters. The fourth-order valence-corrected chi connectivity index (χ4v) is 4.59. The SMILES string of the molecule is COCc1nc(-c2ccccc2)nc(N2CCN(C(=O)C3CC3)CC2)c1Cc1ccc(Cl)cc1. The Morgan fingerprint density at radius 1 is 1.00 bits per heavy atom. The van der Waals surface area contributed by atoms with E-state index in [1.807, 2.05) is 59.5 Å². The van der Waals surface area contributed by atoms with E-state index < -0.39 is 0 Å². The number of aromatic nitrogens is 2. The highest BCUT2D eigenvalue weighted by Gasteiger charge is 2.35. The van der Waals surface area contributed by atoms with Gasteiger partial charge in [-0.05, 0) is 30.5 Å². The Morgan fingerprint density at radius 3 is 2.35 bits per heavy atom. The van der Waals surface area contributed by atoms with Crippen molar-refractivity contribution in [1.82, 2.24) is 14.9 Å². The van der Waals surface area contributed by atoms with E-state index in [1.165, 1.54) is 0 Å². The number of hydrogen-bond donors (Lipinski definition) is 0. The molecule has 1 saturated carbocycles. The van der Waals surface area contributed by atoms with Gasteiger partial charge < -0.3 is 14.5 Å². The van der Waals surface area contributed by atoms with E-state index in [0.29, 0.717) is 29.8 Å². The number of rotatable bonds is 7. The highest BCUT2D eigenvalue weighted by molar-refractivity contribution is 6.30. The van der Waals surface area contributed by atoms with Gasteiger partial charge in [-0.15, -0.1) is 0 Å². The summed E-state index contributed by atoms with van der Waals surface area (Å²) in [5.41, 5.74) is 4.06. The fraction of sp³-hybridized carbons (Fsp3) is 0.370. The highest BCUT2D eigenvalue weighted by atomic mass is 35.5. The molecule has 6 nitrogen and oxygen atoms in total. The Bertz CT molecular complexity index is 1140. The summed E-state index contributed by atoms with van der Waals surface area (Å²) in [4.78, 5) is 26.9. The molecule has 0 unspecified atom stereocenters. The summed E-state index contributed by atoms with van der Waals surface area (Å²) >= 11 is 6.12. The van der Waals surface area contributed by atoms with E-state index >= 15 is 0 Å². The van der Waals surface area contributed by atoms with Gasteiger partial charge in [-0.25, -0.2) is 9.97 Å². The zero-order valence-corrected chi connectivity index (χ0v) is 20.2. The summed E-state index contributed by atoms with van der Waals surface area (Å²) < 4.78 is 5.56. The Hall–Kier alpha value is -2.96. The standard InChI is InChI=1S/C27H29ClN4O2/c1-34-18-24-23(17-19-7-11-22(28)12-8-19)26(30-25(29-24)20-5-3-2-4-6-20)31-13-15-32(16-14-31)27(33)21-9-10-21/h2-8,11-12,21H,9-10,13-18H2,1H3. The molecule has 2 aromatic carbocycles. The predicted molar refractivity (Wildman–Crippen MR) is 134 cm³/mol. The molecule has 34 heavy (non-hydrogen) atoms. The minimum absolute atomic E-state index is 0.254. The molecule has 176 valence electrons. The minimum Gasteiger partial charge on any atom is -0.378 e. The largest absolute Gasteiger partial charge is 0.378 e. The zero-order chi connectivity index (χ0) is 23.5. The molecular weight excluding hydrogens is 448 g/mol. The van der Waals surface area contributed by atoms with Gasteiger partial charge in [0.2, 0.25) is 5.91 Å². The first-order chi connectivity index (χ1) is 16.6. The third kappa shape index (κ3) is 5.08. The van der Waals surface area contributed by atoms with E-state index in [2.05, 4.69) is 4.90 Å². The molecule has 7 heteroatoms. The van der Waals surface area contributed by atoms with Crippen LogP contribution in [0.2, 0.25) is 5.02 Å². The van der Waals surface area contributed by atoms with Crippen molar-refractivity contribution >= 4 is 23.3 Å². The molecule has 1 aromatic heterocycles. The maximum atomic E-state index is 12.6. The second-order valence-electron chi connectivity index (χ2n) is 8.98. The summed E-state index contributed by atoms with van der Waals surface area (Å²) in [6, 6.07) is 18.0. The maximum Gasteiger partial charge on any atom is 0.225 e. The van der Waals surface area contributed by atoms with E-state index in [9.17, 15) is 4.79 Å². The molecule has 1 aliphatic carbocycles. The Labute approximate surface area is 205 Å². The second kappa shape index (κ2) is 10.1. The fourth-order valence-electron chi connectivity index (χ4n) is 4.47. The topological polar surface area (TPSA) is 58.6 Å². The molecule has 1 saturated heterocycles. The summed E-state index contributed by atoms with van der Waals surface area (Å²) in [6.07, 6.45) is 2.76. The number of anilines is 1. The van der Waals surface area contributed by atoms with Gasteiger partial charge in [0.1, 0.15) is 5.82 Å². The molecule has 2 aliphatic rings. The van der Waals surface area contributed by atoms with E-state index in [1.54, 1.807) is 7.11 Å². The predicted octanol–water partition coefficient (Wildman–Crippen LogP) is 4.59. The molecule has 0 N–H and O–H groups in total. The van der Waals surface area contributed by atoms with Crippen LogP contribution in [0.15, 0.2) is 54.6 Å². The monoisotopic (exact) mass is 476 g/mol. The van der Waals surface area contributed by atoms with Crippen LogP contribution < -0.4 is 4.90 Å². The smallest absolute Gasteiger partial charge is 0.225 e. The van der Waals surface area contributed by atoms with Crippen LogP contribution in [0.3, 0.4) is 0 Å². The first-order valence-electron chi connectivity index (χ1n) is 11.8. The molecular formula is C27H29ClN4O2. The normalized spacial score (nSPS) is 16.1. The van der Waals surface area contributed by atoms with Crippen molar-refractivity contribution in [2.24, 2.45) is 5.92 Å². The number of methoxy groups -OCH3 is 1. The van der Waals surface area contributed by atoms with Crippen molar-refractivity contribution < 1.29 is 9.53 Å². The van der Waals surface area contributed by atoms with Gasteiger partial charge in [-0.3, -0.25) is 4.79 Å². The van der Waals surface area contributed by atoms with Crippen LogP contribution in [0.25, 0.3) is 11.4 Å². The molecule has 0 spiro atoms. The number of ether oxygens (including phenoxy) is 1. The van der Waals surface area contributed by atoms with Crippen molar-refractivity contribution in [3.8, 4) is 11.4 Å². The van der Waals surface area contributed by atoms with Crippen LogP contribution in [0.4, 0.5) is 5.82 Å². The van der Waals surface area contributed by atoms with Crippen LogP contribution in [-0.2, 0) is 22.6 Å². The number of piperazine rings is 1. The minimum atomic E-state index is 0.254. The summed E-state index contributed by atoms with van der Waals surface area (Å²) in [5, 5.41) is 0.716. The van der Waals surface area contributed by atoms with Crippen LogP contribution in [0.1, 0.15) is 29.7 Å². The Kier molecular flexibility index (Phi) is 6.79. The van der Waals surface area contributed by atoms with Gasteiger partial charge >= 0.3 is 0 Å².